The summed E-state index contributed by atoms with van der Waals surface area (Å²) >= 11 is 5.33. The fourth-order valence-corrected chi connectivity index (χ4v) is 1.12. The molecule has 70 valence electrons. The second-order valence-corrected chi connectivity index (χ2v) is 4.11. The van der Waals surface area contributed by atoms with Gasteiger partial charge in [0.05, 0.1) is 5.92 Å². The van der Waals surface area contributed by atoms with E-state index >= 15 is 0 Å². The third-order valence-electron chi connectivity index (χ3n) is 1.80. The van der Waals surface area contributed by atoms with Crippen LogP contribution in [-0.2, 0) is 4.79 Å². The average Bonchev–Trinajstić information content (AvgIpc) is 1.84. The van der Waals surface area contributed by atoms with Crippen LogP contribution in [0.15, 0.2) is 11.6 Å². The van der Waals surface area contributed by atoms with Gasteiger partial charge < -0.3 is 5.11 Å². The van der Waals surface area contributed by atoms with Gasteiger partial charge in [-0.1, -0.05) is 38.4 Å². The van der Waals surface area contributed by atoms with Crippen LogP contribution in [0.5, 0.6) is 0 Å². The molecule has 2 nitrogen and oxygen atoms in total. The van der Waals surface area contributed by atoms with E-state index in [1.165, 1.54) is 5.54 Å². The van der Waals surface area contributed by atoms with Crippen LogP contribution in [0.25, 0.3) is 0 Å². The van der Waals surface area contributed by atoms with Crippen LogP contribution < -0.4 is 0 Å². The Morgan fingerprint density at radius 3 is 2.33 bits per heavy atom. The number of carboxylic acid groups (broad SMARTS) is 1. The van der Waals surface area contributed by atoms with Gasteiger partial charge in [-0.15, -0.1) is 0 Å². The van der Waals surface area contributed by atoms with Crippen molar-refractivity contribution in [2.24, 2.45) is 11.3 Å². The highest BCUT2D eigenvalue weighted by molar-refractivity contribution is 6.25. The molecule has 1 atom stereocenters. The van der Waals surface area contributed by atoms with E-state index in [4.69, 9.17) is 16.7 Å². The quantitative estimate of drug-likeness (QED) is 0.743. The van der Waals surface area contributed by atoms with Gasteiger partial charge in [-0.2, -0.15) is 0 Å². The van der Waals surface area contributed by atoms with E-state index in [-0.39, 0.29) is 11.3 Å². The van der Waals surface area contributed by atoms with Crippen molar-refractivity contribution in [2.45, 2.75) is 27.2 Å². The minimum absolute atomic E-state index is 0.220. The largest absolute Gasteiger partial charge is 0.481 e. The maximum Gasteiger partial charge on any atom is 0.307 e. The van der Waals surface area contributed by atoms with Gasteiger partial charge in [-0.3, -0.25) is 4.79 Å². The number of halogens is 1. The van der Waals surface area contributed by atoms with E-state index < -0.39 is 5.97 Å². The Labute approximate surface area is 78.2 Å². The molecule has 0 aromatic carbocycles. The predicted octanol–water partition coefficient (Wildman–Crippen LogP) is 2.88. The Bertz CT molecular complexity index is 179. The van der Waals surface area contributed by atoms with Crippen molar-refractivity contribution >= 4 is 17.6 Å². The molecular weight excluding hydrogens is 176 g/mol. The molecule has 0 aromatic heterocycles. The van der Waals surface area contributed by atoms with E-state index in [2.05, 4.69) is 0 Å². The predicted molar refractivity (Wildman–Crippen MR) is 50.2 cm³/mol. The van der Waals surface area contributed by atoms with Crippen LogP contribution in [0.1, 0.15) is 27.2 Å². The van der Waals surface area contributed by atoms with Gasteiger partial charge in [-0.25, -0.2) is 0 Å². The third-order valence-corrected chi connectivity index (χ3v) is 1.98. The molecule has 0 aliphatic heterocycles. The molecule has 1 N–H and O–H groups in total. The summed E-state index contributed by atoms with van der Waals surface area (Å²) in [5.41, 5.74) is 1.14. The topological polar surface area (TPSA) is 37.3 Å². The molecule has 0 rings (SSSR count). The summed E-state index contributed by atoms with van der Waals surface area (Å²) in [6, 6.07) is 0. The lowest BCUT2D eigenvalue weighted by atomic mass is 9.79. The first-order valence-corrected chi connectivity index (χ1v) is 4.31. The summed E-state index contributed by atoms with van der Waals surface area (Å²) in [5, 5.41) is 8.86. The fraction of sp³-hybridized carbons (Fsp3) is 0.667. The number of hydrogen-bond acceptors (Lipinski definition) is 1. The monoisotopic (exact) mass is 190 g/mol. The van der Waals surface area contributed by atoms with Gasteiger partial charge in [0, 0.05) is 5.54 Å². The average molecular weight is 191 g/mol. The van der Waals surface area contributed by atoms with Crippen molar-refractivity contribution in [2.75, 3.05) is 0 Å². The van der Waals surface area contributed by atoms with Crippen LogP contribution in [0, 0.1) is 11.3 Å². The molecule has 1 unspecified atom stereocenters. The first-order valence-electron chi connectivity index (χ1n) is 3.87. The molecule has 0 bridgehead atoms. The number of carbonyl (C=O) groups is 1. The van der Waals surface area contributed by atoms with Crippen molar-refractivity contribution in [3.05, 3.63) is 11.6 Å². The van der Waals surface area contributed by atoms with Gasteiger partial charge in [-0.05, 0) is 11.8 Å². The summed E-state index contributed by atoms with van der Waals surface area (Å²) < 4.78 is 0. The number of allylic oxidation sites excluding steroid dienone is 1. The van der Waals surface area contributed by atoms with Crippen molar-refractivity contribution in [1.29, 1.82) is 0 Å². The summed E-state index contributed by atoms with van der Waals surface area (Å²) in [7, 11) is 0. The van der Waals surface area contributed by atoms with Gasteiger partial charge >= 0.3 is 5.97 Å². The normalized spacial score (nSPS) is 15.0. The van der Waals surface area contributed by atoms with E-state index in [1.54, 1.807) is 6.08 Å². The fourth-order valence-electron chi connectivity index (χ4n) is 1.01. The SMILES string of the molecule is CC(C)(C)C(CC=CCl)C(=O)O. The minimum Gasteiger partial charge on any atom is -0.481 e. The molecule has 0 heterocycles. The Hall–Kier alpha value is -0.500. The number of hydrogen-bond donors (Lipinski definition) is 1. The van der Waals surface area contributed by atoms with Gasteiger partial charge in [0.15, 0.2) is 0 Å². The smallest absolute Gasteiger partial charge is 0.307 e. The number of aliphatic carboxylic acids is 1. The van der Waals surface area contributed by atoms with Gasteiger partial charge in [0.2, 0.25) is 0 Å². The maximum atomic E-state index is 10.8. The zero-order valence-corrected chi connectivity index (χ0v) is 8.43. The molecule has 0 fully saturated rings. The van der Waals surface area contributed by atoms with E-state index in [0.717, 1.165) is 0 Å². The molecule has 0 amide bonds. The van der Waals surface area contributed by atoms with Gasteiger partial charge in [0.1, 0.15) is 0 Å². The van der Waals surface area contributed by atoms with Crippen LogP contribution in [-0.4, -0.2) is 11.1 Å². The lowest BCUT2D eigenvalue weighted by molar-refractivity contribution is -0.145. The zero-order chi connectivity index (χ0) is 9.78. The molecule has 0 saturated carbocycles. The Kier molecular flexibility index (Phi) is 4.32. The van der Waals surface area contributed by atoms with Crippen molar-refractivity contribution in [3.8, 4) is 0 Å². The van der Waals surface area contributed by atoms with Crippen LogP contribution >= 0.6 is 11.6 Å². The van der Waals surface area contributed by atoms with Crippen molar-refractivity contribution in [3.63, 3.8) is 0 Å². The van der Waals surface area contributed by atoms with Gasteiger partial charge in [0.25, 0.3) is 0 Å². The lowest BCUT2D eigenvalue weighted by Crippen LogP contribution is -2.27. The second-order valence-electron chi connectivity index (χ2n) is 3.85. The van der Waals surface area contributed by atoms with Crippen molar-refractivity contribution in [1.82, 2.24) is 0 Å². The molecule has 0 radical (unpaired) electrons. The summed E-state index contributed by atoms with van der Waals surface area (Å²) in [6.07, 6.45) is 2.16. The van der Waals surface area contributed by atoms with Crippen LogP contribution in [0.3, 0.4) is 0 Å². The van der Waals surface area contributed by atoms with Crippen LogP contribution in [0.2, 0.25) is 0 Å². The first-order chi connectivity index (χ1) is 5.39. The summed E-state index contributed by atoms with van der Waals surface area (Å²) in [6.45, 7) is 5.73. The molecule has 0 aromatic rings. The Morgan fingerprint density at radius 1 is 1.58 bits per heavy atom. The Morgan fingerprint density at radius 2 is 2.08 bits per heavy atom. The lowest BCUT2D eigenvalue weighted by Gasteiger charge is -2.25. The summed E-state index contributed by atoms with van der Waals surface area (Å²) in [4.78, 5) is 10.8. The van der Waals surface area contributed by atoms with E-state index in [1.807, 2.05) is 20.8 Å². The number of carboxylic acids is 1. The molecule has 12 heavy (non-hydrogen) atoms. The van der Waals surface area contributed by atoms with E-state index in [9.17, 15) is 4.79 Å². The molecule has 0 saturated heterocycles. The van der Waals surface area contributed by atoms with E-state index in [0.29, 0.717) is 6.42 Å². The van der Waals surface area contributed by atoms with Crippen molar-refractivity contribution < 1.29 is 9.90 Å². The highest BCUT2D eigenvalue weighted by Crippen LogP contribution is 2.29. The highest BCUT2D eigenvalue weighted by atomic mass is 35.5. The first kappa shape index (κ1) is 11.5. The minimum atomic E-state index is -0.766. The second kappa shape index (κ2) is 4.51. The van der Waals surface area contributed by atoms with Crippen LogP contribution in [0.4, 0.5) is 0 Å². The molecular formula is C9H15ClO2. The Balaban J connectivity index is 4.35. The zero-order valence-electron chi connectivity index (χ0n) is 7.67. The molecule has 0 aliphatic carbocycles. The standard InChI is InChI=1S/C9H15ClO2/c1-9(2,3)7(8(11)12)5-4-6-10/h4,6-7H,5H2,1-3H3,(H,11,12). The summed E-state index contributed by atoms with van der Waals surface area (Å²) in [5.74, 6) is -1.13. The maximum absolute atomic E-state index is 10.8. The molecule has 0 spiro atoms. The number of rotatable bonds is 3. The molecule has 0 aliphatic rings. The highest BCUT2D eigenvalue weighted by Gasteiger charge is 2.29. The molecule has 3 heteroatoms. The third kappa shape index (κ3) is 3.77.